The number of ether oxygens (including phenoxy) is 1. The van der Waals surface area contributed by atoms with E-state index in [0.717, 1.165) is 28.0 Å². The maximum absolute atomic E-state index is 12.8. The van der Waals surface area contributed by atoms with Gasteiger partial charge in [-0.15, -0.1) is 0 Å². The second-order valence-corrected chi connectivity index (χ2v) is 9.16. The molecule has 0 aliphatic carbocycles. The number of methoxy groups -OCH3 is 1. The van der Waals surface area contributed by atoms with E-state index < -0.39 is 10.0 Å². The quantitative estimate of drug-likeness (QED) is 0.565. The minimum atomic E-state index is -3.75. The van der Waals surface area contributed by atoms with Gasteiger partial charge < -0.3 is 10.1 Å². The Morgan fingerprint density at radius 3 is 2.03 bits per heavy atom. The van der Waals surface area contributed by atoms with E-state index >= 15 is 0 Å². The Morgan fingerprint density at radius 2 is 1.48 bits per heavy atom. The van der Waals surface area contributed by atoms with Crippen molar-refractivity contribution in [2.24, 2.45) is 0 Å². The molecule has 7 heteroatoms. The van der Waals surface area contributed by atoms with Crippen molar-refractivity contribution in [1.82, 2.24) is 0 Å². The molecule has 0 saturated heterocycles. The average molecular weight is 439 g/mol. The summed E-state index contributed by atoms with van der Waals surface area (Å²) >= 11 is 0. The van der Waals surface area contributed by atoms with Crippen LogP contribution in [0.1, 0.15) is 22.3 Å². The van der Waals surface area contributed by atoms with E-state index in [-0.39, 0.29) is 17.2 Å². The third-order valence-corrected chi connectivity index (χ3v) is 6.25. The fourth-order valence-electron chi connectivity index (χ4n) is 3.39. The number of amides is 1. The molecule has 6 nitrogen and oxygen atoms in total. The van der Waals surface area contributed by atoms with Gasteiger partial charge in [0.2, 0.25) is 5.91 Å². The van der Waals surface area contributed by atoms with Gasteiger partial charge in [-0.1, -0.05) is 29.8 Å². The van der Waals surface area contributed by atoms with Crippen LogP contribution in [0.3, 0.4) is 0 Å². The van der Waals surface area contributed by atoms with Crippen molar-refractivity contribution >= 4 is 27.3 Å². The number of hydrogen-bond acceptors (Lipinski definition) is 4. The lowest BCUT2D eigenvalue weighted by Crippen LogP contribution is -2.16. The lowest BCUT2D eigenvalue weighted by atomic mass is 10.1. The standard InChI is InChI=1S/C24H26N2O4S/c1-16-13-17(2)24(18(3)14-16)26-31(28,29)22-11-7-20(8-12-22)25-23(27)15-19-5-9-21(30-4)10-6-19/h5-14,26H,15H2,1-4H3,(H,25,27). The Labute approximate surface area is 183 Å². The second-order valence-electron chi connectivity index (χ2n) is 7.48. The van der Waals surface area contributed by atoms with Crippen molar-refractivity contribution in [2.75, 3.05) is 17.1 Å². The van der Waals surface area contributed by atoms with E-state index in [2.05, 4.69) is 10.0 Å². The van der Waals surface area contributed by atoms with Crippen LogP contribution >= 0.6 is 0 Å². The summed E-state index contributed by atoms with van der Waals surface area (Å²) in [5.74, 6) is 0.537. The van der Waals surface area contributed by atoms with Gasteiger partial charge in [0.25, 0.3) is 10.0 Å². The lowest BCUT2D eigenvalue weighted by Gasteiger charge is -2.14. The normalized spacial score (nSPS) is 11.1. The highest BCUT2D eigenvalue weighted by molar-refractivity contribution is 7.92. The smallest absolute Gasteiger partial charge is 0.261 e. The molecular formula is C24H26N2O4S. The number of nitrogens with one attached hydrogen (secondary N) is 2. The van der Waals surface area contributed by atoms with Crippen molar-refractivity contribution in [1.29, 1.82) is 0 Å². The second kappa shape index (κ2) is 9.22. The Hall–Kier alpha value is -3.32. The van der Waals surface area contributed by atoms with E-state index in [1.807, 2.05) is 45.0 Å². The van der Waals surface area contributed by atoms with Crippen molar-refractivity contribution in [3.8, 4) is 5.75 Å². The molecule has 0 bridgehead atoms. The van der Waals surface area contributed by atoms with Gasteiger partial charge in [0.05, 0.1) is 24.1 Å². The molecule has 0 aliphatic rings. The number of benzene rings is 3. The highest BCUT2D eigenvalue weighted by atomic mass is 32.2. The van der Waals surface area contributed by atoms with Gasteiger partial charge in [0, 0.05) is 5.69 Å². The third-order valence-electron chi connectivity index (χ3n) is 4.89. The topological polar surface area (TPSA) is 84.5 Å². The Bertz CT molecular complexity index is 1160. The van der Waals surface area contributed by atoms with Crippen molar-refractivity contribution in [3.63, 3.8) is 0 Å². The van der Waals surface area contributed by atoms with Gasteiger partial charge in [-0.05, 0) is 73.9 Å². The third kappa shape index (κ3) is 5.64. The molecule has 0 fully saturated rings. The summed E-state index contributed by atoms with van der Waals surface area (Å²) in [6.45, 7) is 5.72. The van der Waals surface area contributed by atoms with Crippen LogP contribution in [0.25, 0.3) is 0 Å². The molecule has 0 atom stereocenters. The zero-order valence-electron chi connectivity index (χ0n) is 18.0. The predicted octanol–water partition coefficient (Wildman–Crippen LogP) is 4.60. The maximum Gasteiger partial charge on any atom is 0.261 e. The molecule has 162 valence electrons. The summed E-state index contributed by atoms with van der Waals surface area (Å²) in [6.07, 6.45) is 0.206. The van der Waals surface area contributed by atoms with Crippen LogP contribution in [0.15, 0.2) is 65.6 Å². The maximum atomic E-state index is 12.8. The van der Waals surface area contributed by atoms with E-state index in [1.165, 1.54) is 12.1 Å². The predicted molar refractivity (Wildman–Crippen MR) is 123 cm³/mol. The van der Waals surface area contributed by atoms with Gasteiger partial charge >= 0.3 is 0 Å². The fraction of sp³-hybridized carbons (Fsp3) is 0.208. The van der Waals surface area contributed by atoms with Gasteiger partial charge in [0.15, 0.2) is 0 Å². The van der Waals surface area contributed by atoms with Gasteiger partial charge in [-0.3, -0.25) is 9.52 Å². The fourth-order valence-corrected chi connectivity index (χ4v) is 4.59. The Kier molecular flexibility index (Phi) is 6.65. The molecule has 0 radical (unpaired) electrons. The SMILES string of the molecule is COc1ccc(CC(=O)Nc2ccc(S(=O)(=O)Nc3c(C)cc(C)cc3C)cc2)cc1. The minimum Gasteiger partial charge on any atom is -0.497 e. The van der Waals surface area contributed by atoms with Crippen LogP contribution in [0.2, 0.25) is 0 Å². The number of aryl methyl sites for hydroxylation is 3. The first-order valence-corrected chi connectivity index (χ1v) is 11.3. The van der Waals surface area contributed by atoms with Crippen molar-refractivity contribution in [3.05, 3.63) is 82.9 Å². The first-order chi connectivity index (χ1) is 14.7. The van der Waals surface area contributed by atoms with Gasteiger partial charge in [-0.2, -0.15) is 0 Å². The Morgan fingerprint density at radius 1 is 0.903 bits per heavy atom. The number of rotatable bonds is 7. The molecule has 0 unspecified atom stereocenters. The molecule has 1 amide bonds. The molecule has 31 heavy (non-hydrogen) atoms. The molecular weight excluding hydrogens is 412 g/mol. The zero-order valence-corrected chi connectivity index (χ0v) is 18.8. The largest absolute Gasteiger partial charge is 0.497 e. The number of hydrogen-bond donors (Lipinski definition) is 2. The first kappa shape index (κ1) is 22.4. The van der Waals surface area contributed by atoms with Crippen molar-refractivity contribution < 1.29 is 17.9 Å². The summed E-state index contributed by atoms with van der Waals surface area (Å²) in [5, 5.41) is 2.79. The van der Waals surface area contributed by atoms with E-state index in [1.54, 1.807) is 31.4 Å². The molecule has 0 heterocycles. The van der Waals surface area contributed by atoms with Crippen LogP contribution in [0.4, 0.5) is 11.4 Å². The zero-order chi connectivity index (χ0) is 22.6. The number of carbonyl (C=O) groups is 1. The number of anilines is 2. The van der Waals surface area contributed by atoms with E-state index in [9.17, 15) is 13.2 Å². The molecule has 2 N–H and O–H groups in total. The van der Waals surface area contributed by atoms with Crippen LogP contribution in [0.5, 0.6) is 5.75 Å². The molecule has 3 aromatic rings. The average Bonchev–Trinajstić information content (AvgIpc) is 2.71. The van der Waals surface area contributed by atoms with Gasteiger partial charge in [-0.25, -0.2) is 8.42 Å². The summed E-state index contributed by atoms with van der Waals surface area (Å²) in [5.41, 5.74) is 4.77. The molecule has 3 aromatic carbocycles. The molecule has 0 aliphatic heterocycles. The summed E-state index contributed by atoms with van der Waals surface area (Å²) in [4.78, 5) is 12.4. The Balaban J connectivity index is 1.68. The minimum absolute atomic E-state index is 0.125. The lowest BCUT2D eigenvalue weighted by molar-refractivity contribution is -0.115. The summed E-state index contributed by atoms with van der Waals surface area (Å²) in [7, 11) is -2.16. The molecule has 0 aromatic heterocycles. The molecule has 3 rings (SSSR count). The number of carbonyl (C=O) groups excluding carboxylic acids is 1. The molecule has 0 spiro atoms. The van der Waals surface area contributed by atoms with Crippen LogP contribution in [-0.2, 0) is 21.2 Å². The van der Waals surface area contributed by atoms with Crippen molar-refractivity contribution in [2.45, 2.75) is 32.1 Å². The highest BCUT2D eigenvalue weighted by Crippen LogP contribution is 2.25. The van der Waals surface area contributed by atoms with Crippen LogP contribution < -0.4 is 14.8 Å². The van der Waals surface area contributed by atoms with E-state index in [4.69, 9.17) is 4.74 Å². The monoisotopic (exact) mass is 438 g/mol. The summed E-state index contributed by atoms with van der Waals surface area (Å²) < 4.78 is 33.4. The van der Waals surface area contributed by atoms with Gasteiger partial charge in [0.1, 0.15) is 5.75 Å². The van der Waals surface area contributed by atoms with Crippen LogP contribution in [-0.4, -0.2) is 21.4 Å². The van der Waals surface area contributed by atoms with E-state index in [0.29, 0.717) is 11.4 Å². The highest BCUT2D eigenvalue weighted by Gasteiger charge is 2.17. The first-order valence-electron chi connectivity index (χ1n) is 9.81. The molecule has 0 saturated carbocycles. The number of sulfonamides is 1. The van der Waals surface area contributed by atoms with Crippen LogP contribution in [0, 0.1) is 20.8 Å². The summed E-state index contributed by atoms with van der Waals surface area (Å²) in [6, 6.07) is 17.2.